The molecule has 150 valence electrons. The molecular weight excluding hydrogens is 376 g/mol. The molecule has 0 aliphatic rings. The lowest BCUT2D eigenvalue weighted by molar-refractivity contribution is 1.31. The Morgan fingerprint density at radius 3 is 0.968 bits per heavy atom. The molecule has 0 unspecified atom stereocenters. The van der Waals surface area contributed by atoms with Crippen LogP contribution in [0.15, 0.2) is 140 Å². The first kappa shape index (κ1) is 20.1. The third-order valence-corrected chi connectivity index (χ3v) is 4.91. The average molecular weight is 401 g/mol. The first-order valence-electron chi connectivity index (χ1n) is 10.3. The van der Waals surface area contributed by atoms with E-state index in [9.17, 15) is 0 Å². The quantitative estimate of drug-likeness (QED) is 0.320. The number of imidazole rings is 1. The number of hydrogen-bond donors (Lipinski definition) is 1. The fraction of sp³-hybridized carbons (Fsp3) is 0. The molecule has 0 amide bonds. The minimum atomic E-state index is 1.22. The van der Waals surface area contributed by atoms with Crippen LogP contribution in [-0.4, -0.2) is 9.97 Å². The van der Waals surface area contributed by atoms with Crippen molar-refractivity contribution in [1.29, 1.82) is 0 Å². The third kappa shape index (κ3) is 5.26. The molecule has 4 aromatic carbocycles. The fourth-order valence-corrected chi connectivity index (χ4v) is 3.55. The van der Waals surface area contributed by atoms with Crippen LogP contribution < -0.4 is 0 Å². The van der Waals surface area contributed by atoms with E-state index in [-0.39, 0.29) is 0 Å². The molecule has 0 saturated heterocycles. The number of nitrogens with zero attached hydrogens (tertiary/aromatic N) is 1. The summed E-state index contributed by atoms with van der Waals surface area (Å²) in [5.41, 5.74) is 7.40. The summed E-state index contributed by atoms with van der Waals surface area (Å²) in [6.45, 7) is 0. The van der Waals surface area contributed by atoms with E-state index in [1.165, 1.54) is 33.4 Å². The fourth-order valence-electron chi connectivity index (χ4n) is 3.55. The zero-order chi connectivity index (χ0) is 21.1. The molecule has 5 rings (SSSR count). The second kappa shape index (κ2) is 10.6. The van der Waals surface area contributed by atoms with Gasteiger partial charge < -0.3 is 4.98 Å². The van der Waals surface area contributed by atoms with Crippen molar-refractivity contribution in [2.45, 2.75) is 0 Å². The van der Waals surface area contributed by atoms with E-state index in [1.54, 1.807) is 18.7 Å². The highest BCUT2D eigenvalue weighted by Crippen LogP contribution is 2.36. The zero-order valence-electron chi connectivity index (χ0n) is 17.2. The lowest BCUT2D eigenvalue weighted by Gasteiger charge is -2.18. The van der Waals surface area contributed by atoms with E-state index < -0.39 is 0 Å². The first-order valence-corrected chi connectivity index (χ1v) is 10.3. The Morgan fingerprint density at radius 2 is 0.774 bits per heavy atom. The number of aromatic nitrogens is 2. The Morgan fingerprint density at radius 1 is 0.452 bits per heavy atom. The van der Waals surface area contributed by atoms with E-state index in [2.05, 4.69) is 131 Å². The molecule has 2 heteroatoms. The molecule has 1 aromatic heterocycles. The summed E-state index contributed by atoms with van der Waals surface area (Å²) < 4.78 is 0. The summed E-state index contributed by atoms with van der Waals surface area (Å²) in [6.07, 6.45) is 5.08. The third-order valence-electron chi connectivity index (χ3n) is 4.91. The second-order valence-corrected chi connectivity index (χ2v) is 6.97. The highest BCUT2D eigenvalue weighted by molar-refractivity contribution is 6.04. The molecule has 1 N–H and O–H groups in total. The monoisotopic (exact) mass is 400 g/mol. The van der Waals surface area contributed by atoms with Gasteiger partial charge in [0.2, 0.25) is 0 Å². The molecule has 31 heavy (non-hydrogen) atoms. The number of benzene rings is 4. The van der Waals surface area contributed by atoms with Gasteiger partial charge in [-0.05, 0) is 33.4 Å². The van der Waals surface area contributed by atoms with Gasteiger partial charge in [0, 0.05) is 12.4 Å². The van der Waals surface area contributed by atoms with Crippen molar-refractivity contribution in [2.75, 3.05) is 0 Å². The number of aromatic amines is 1. The summed E-state index contributed by atoms with van der Waals surface area (Å²) in [6, 6.07) is 42.6. The van der Waals surface area contributed by atoms with Crippen LogP contribution >= 0.6 is 0 Å². The smallest absolute Gasteiger partial charge is 0.0919 e. The Hall–Kier alpha value is -4.17. The van der Waals surface area contributed by atoms with Crippen molar-refractivity contribution in [2.24, 2.45) is 0 Å². The molecule has 0 bridgehead atoms. The molecule has 0 atom stereocenters. The summed E-state index contributed by atoms with van der Waals surface area (Å²) in [5, 5.41) is 0. The number of hydrogen-bond acceptors (Lipinski definition) is 1. The van der Waals surface area contributed by atoms with Crippen molar-refractivity contribution in [3.05, 3.63) is 162 Å². The molecule has 0 fully saturated rings. The van der Waals surface area contributed by atoms with Crippen LogP contribution in [0.4, 0.5) is 0 Å². The molecule has 2 nitrogen and oxygen atoms in total. The van der Waals surface area contributed by atoms with Gasteiger partial charge in [-0.25, -0.2) is 4.98 Å². The predicted molar refractivity (Wildman–Crippen MR) is 129 cm³/mol. The Kier molecular flexibility index (Phi) is 6.85. The van der Waals surface area contributed by atoms with E-state index in [1.807, 2.05) is 0 Å². The van der Waals surface area contributed by atoms with Crippen LogP contribution in [0.1, 0.15) is 22.3 Å². The lowest BCUT2D eigenvalue weighted by Crippen LogP contribution is -1.97. The minimum Gasteiger partial charge on any atom is -0.351 e. The van der Waals surface area contributed by atoms with E-state index in [0.717, 1.165) is 0 Å². The maximum absolute atomic E-state index is 3.67. The van der Waals surface area contributed by atoms with Crippen molar-refractivity contribution < 1.29 is 0 Å². The predicted octanol–water partition coefficient (Wildman–Crippen LogP) is 7.10. The molecular formula is C29H24N2. The maximum atomic E-state index is 3.67. The summed E-state index contributed by atoms with van der Waals surface area (Å²) in [5.74, 6) is 0. The molecule has 0 radical (unpaired) electrons. The van der Waals surface area contributed by atoms with Crippen molar-refractivity contribution in [3.8, 4) is 0 Å². The van der Waals surface area contributed by atoms with Crippen molar-refractivity contribution >= 4 is 11.1 Å². The largest absolute Gasteiger partial charge is 0.351 e. The SMILES string of the molecule is c1c[nH]cn1.c1ccc(C(=C(c2ccccc2)c2ccccc2)c2ccccc2)cc1. The van der Waals surface area contributed by atoms with Crippen LogP contribution in [0.25, 0.3) is 11.1 Å². The van der Waals surface area contributed by atoms with Gasteiger partial charge in [-0.1, -0.05) is 121 Å². The Bertz CT molecular complexity index is 994. The van der Waals surface area contributed by atoms with Gasteiger partial charge in [0.05, 0.1) is 6.33 Å². The first-order chi connectivity index (χ1) is 15.4. The number of rotatable bonds is 4. The molecule has 0 saturated carbocycles. The van der Waals surface area contributed by atoms with Gasteiger partial charge >= 0.3 is 0 Å². The number of nitrogens with one attached hydrogen (secondary N) is 1. The lowest BCUT2D eigenvalue weighted by atomic mass is 9.86. The maximum Gasteiger partial charge on any atom is 0.0919 e. The molecule has 5 aromatic rings. The molecule has 0 aliphatic heterocycles. The van der Waals surface area contributed by atoms with Crippen LogP contribution in [0.2, 0.25) is 0 Å². The van der Waals surface area contributed by atoms with Crippen molar-refractivity contribution in [3.63, 3.8) is 0 Å². The Balaban J connectivity index is 0.000000407. The highest BCUT2D eigenvalue weighted by Gasteiger charge is 2.15. The van der Waals surface area contributed by atoms with E-state index in [0.29, 0.717) is 0 Å². The molecule has 0 aliphatic carbocycles. The minimum absolute atomic E-state index is 1.22. The zero-order valence-corrected chi connectivity index (χ0v) is 17.2. The van der Waals surface area contributed by atoms with Gasteiger partial charge in [-0.3, -0.25) is 0 Å². The normalized spacial score (nSPS) is 9.94. The van der Waals surface area contributed by atoms with E-state index in [4.69, 9.17) is 0 Å². The van der Waals surface area contributed by atoms with Crippen LogP contribution in [0.5, 0.6) is 0 Å². The summed E-state index contributed by atoms with van der Waals surface area (Å²) >= 11 is 0. The van der Waals surface area contributed by atoms with Crippen LogP contribution in [0, 0.1) is 0 Å². The van der Waals surface area contributed by atoms with Crippen LogP contribution in [-0.2, 0) is 0 Å². The highest BCUT2D eigenvalue weighted by atomic mass is 14.8. The second-order valence-electron chi connectivity index (χ2n) is 6.97. The van der Waals surface area contributed by atoms with Crippen molar-refractivity contribution in [1.82, 2.24) is 9.97 Å². The molecule has 0 spiro atoms. The molecule has 1 heterocycles. The van der Waals surface area contributed by atoms with Gasteiger partial charge in [0.1, 0.15) is 0 Å². The summed E-state index contributed by atoms with van der Waals surface area (Å²) in [7, 11) is 0. The summed E-state index contributed by atoms with van der Waals surface area (Å²) in [4.78, 5) is 6.42. The average Bonchev–Trinajstić information content (AvgIpc) is 3.45. The van der Waals surface area contributed by atoms with Gasteiger partial charge in [0.25, 0.3) is 0 Å². The van der Waals surface area contributed by atoms with Gasteiger partial charge in [-0.2, -0.15) is 0 Å². The van der Waals surface area contributed by atoms with E-state index >= 15 is 0 Å². The number of H-pyrrole nitrogens is 1. The van der Waals surface area contributed by atoms with Gasteiger partial charge in [-0.15, -0.1) is 0 Å². The topological polar surface area (TPSA) is 28.7 Å². The Labute approximate surface area is 183 Å². The van der Waals surface area contributed by atoms with Gasteiger partial charge in [0.15, 0.2) is 0 Å². The standard InChI is InChI=1S/C26H20.C3H4N2/c1-5-13-21(14-6-1)25(22-15-7-2-8-16-22)26(23-17-9-3-10-18-23)24-19-11-4-12-20-24;1-2-5-3-4-1/h1-20H;1-3H,(H,4,5). The van der Waals surface area contributed by atoms with Crippen LogP contribution in [0.3, 0.4) is 0 Å².